The van der Waals surface area contributed by atoms with Crippen LogP contribution in [-0.4, -0.2) is 16.2 Å². The summed E-state index contributed by atoms with van der Waals surface area (Å²) in [6.07, 6.45) is 0. The first-order valence-electron chi connectivity index (χ1n) is 6.54. The van der Waals surface area contributed by atoms with Crippen LogP contribution >= 0.6 is 0 Å². The molecule has 0 amide bonds. The monoisotopic (exact) mass is 270 g/mol. The molecule has 2 aromatic carbocycles. The van der Waals surface area contributed by atoms with Crippen molar-refractivity contribution in [1.29, 1.82) is 0 Å². The Morgan fingerprint density at radius 3 is 2.25 bits per heavy atom. The Morgan fingerprint density at radius 1 is 1.05 bits per heavy atom. The molecular weight excluding hydrogens is 252 g/mol. The molecule has 0 aliphatic heterocycles. The van der Waals surface area contributed by atoms with Crippen LogP contribution in [0.15, 0.2) is 54.6 Å². The number of benzene rings is 2. The third-order valence-corrected chi connectivity index (χ3v) is 3.66. The third-order valence-electron chi connectivity index (χ3n) is 3.66. The SMILES string of the molecule is C[C@@H](C(=O)O)c1cccc([C@@](C)(O)c2ccccc2)c1. The molecule has 0 spiro atoms. The maximum atomic E-state index is 11.1. The van der Waals surface area contributed by atoms with Crippen LogP contribution in [0, 0.1) is 0 Å². The summed E-state index contributed by atoms with van der Waals surface area (Å²) in [4.78, 5) is 11.1. The van der Waals surface area contributed by atoms with Gasteiger partial charge in [-0.05, 0) is 30.5 Å². The van der Waals surface area contributed by atoms with Gasteiger partial charge in [-0.25, -0.2) is 0 Å². The summed E-state index contributed by atoms with van der Waals surface area (Å²) in [6, 6.07) is 16.5. The Labute approximate surface area is 118 Å². The molecule has 0 aliphatic carbocycles. The van der Waals surface area contributed by atoms with E-state index >= 15 is 0 Å². The predicted molar refractivity (Wildman–Crippen MR) is 77.6 cm³/mol. The lowest BCUT2D eigenvalue weighted by Crippen LogP contribution is -2.23. The number of rotatable bonds is 4. The summed E-state index contributed by atoms with van der Waals surface area (Å²) in [6.45, 7) is 3.35. The van der Waals surface area contributed by atoms with Gasteiger partial charge >= 0.3 is 5.97 Å². The molecule has 0 bridgehead atoms. The Bertz CT molecular complexity index is 603. The summed E-state index contributed by atoms with van der Waals surface area (Å²) in [7, 11) is 0. The topological polar surface area (TPSA) is 57.5 Å². The Morgan fingerprint density at radius 2 is 1.65 bits per heavy atom. The van der Waals surface area contributed by atoms with Crippen molar-refractivity contribution >= 4 is 5.97 Å². The molecule has 104 valence electrons. The van der Waals surface area contributed by atoms with Crippen molar-refractivity contribution in [3.63, 3.8) is 0 Å². The van der Waals surface area contributed by atoms with Gasteiger partial charge in [0.15, 0.2) is 0 Å². The molecule has 3 nitrogen and oxygen atoms in total. The highest BCUT2D eigenvalue weighted by molar-refractivity contribution is 5.75. The Kier molecular flexibility index (Phi) is 3.91. The minimum absolute atomic E-state index is 0.596. The van der Waals surface area contributed by atoms with Crippen molar-refractivity contribution in [2.75, 3.05) is 0 Å². The average Bonchev–Trinajstić information content (AvgIpc) is 2.47. The van der Waals surface area contributed by atoms with Crippen LogP contribution in [0.3, 0.4) is 0 Å². The fourth-order valence-corrected chi connectivity index (χ4v) is 2.18. The van der Waals surface area contributed by atoms with Crippen molar-refractivity contribution < 1.29 is 15.0 Å². The first-order chi connectivity index (χ1) is 9.43. The van der Waals surface area contributed by atoms with E-state index in [1.807, 2.05) is 36.4 Å². The molecule has 20 heavy (non-hydrogen) atoms. The van der Waals surface area contributed by atoms with Crippen molar-refractivity contribution in [2.24, 2.45) is 0 Å². The second kappa shape index (κ2) is 5.47. The number of hydrogen-bond acceptors (Lipinski definition) is 2. The summed E-state index contributed by atoms with van der Waals surface area (Å²) in [5, 5.41) is 19.8. The zero-order valence-electron chi connectivity index (χ0n) is 11.6. The first-order valence-corrected chi connectivity index (χ1v) is 6.54. The van der Waals surface area contributed by atoms with Crippen molar-refractivity contribution in [1.82, 2.24) is 0 Å². The molecule has 0 unspecified atom stereocenters. The highest BCUT2D eigenvalue weighted by atomic mass is 16.4. The van der Waals surface area contributed by atoms with Gasteiger partial charge in [-0.15, -0.1) is 0 Å². The minimum atomic E-state index is -1.14. The van der Waals surface area contributed by atoms with E-state index in [-0.39, 0.29) is 0 Å². The van der Waals surface area contributed by atoms with Gasteiger partial charge in [0.05, 0.1) is 5.92 Å². The number of aliphatic hydroxyl groups is 1. The van der Waals surface area contributed by atoms with Crippen LogP contribution in [0.25, 0.3) is 0 Å². The Hall–Kier alpha value is -2.13. The fraction of sp³-hybridized carbons (Fsp3) is 0.235. The normalized spacial score (nSPS) is 15.3. The van der Waals surface area contributed by atoms with E-state index in [2.05, 4.69) is 0 Å². The van der Waals surface area contributed by atoms with Gasteiger partial charge in [-0.3, -0.25) is 4.79 Å². The standard InChI is InChI=1S/C17H18O3/c1-12(16(18)19)13-7-6-10-15(11-13)17(2,20)14-8-4-3-5-9-14/h3-12,20H,1-2H3,(H,18,19)/t12-,17+/m1/s1. The fourth-order valence-electron chi connectivity index (χ4n) is 2.18. The molecular formula is C17H18O3. The lowest BCUT2D eigenvalue weighted by atomic mass is 9.86. The third kappa shape index (κ3) is 2.73. The highest BCUT2D eigenvalue weighted by Crippen LogP contribution is 2.30. The highest BCUT2D eigenvalue weighted by Gasteiger charge is 2.26. The second-order valence-corrected chi connectivity index (χ2v) is 5.12. The molecule has 2 atom stereocenters. The quantitative estimate of drug-likeness (QED) is 0.897. The van der Waals surface area contributed by atoms with Crippen LogP contribution in [0.4, 0.5) is 0 Å². The lowest BCUT2D eigenvalue weighted by molar-refractivity contribution is -0.138. The molecule has 0 saturated carbocycles. The largest absolute Gasteiger partial charge is 0.481 e. The number of aliphatic carboxylic acids is 1. The van der Waals surface area contributed by atoms with Crippen LogP contribution in [-0.2, 0) is 10.4 Å². The van der Waals surface area contributed by atoms with Crippen LogP contribution in [0.5, 0.6) is 0 Å². The van der Waals surface area contributed by atoms with E-state index in [1.165, 1.54) is 0 Å². The molecule has 2 N–H and O–H groups in total. The van der Waals surface area contributed by atoms with Crippen molar-refractivity contribution in [3.05, 3.63) is 71.3 Å². The molecule has 0 saturated heterocycles. The maximum absolute atomic E-state index is 11.1. The maximum Gasteiger partial charge on any atom is 0.310 e. The van der Waals surface area contributed by atoms with Gasteiger partial charge in [0.2, 0.25) is 0 Å². The summed E-state index contributed by atoms with van der Waals surface area (Å²) in [5.41, 5.74) is 1.01. The molecule has 2 rings (SSSR count). The van der Waals surface area contributed by atoms with E-state index < -0.39 is 17.5 Å². The van der Waals surface area contributed by atoms with Gasteiger partial charge in [-0.1, -0.05) is 54.6 Å². The van der Waals surface area contributed by atoms with E-state index in [0.717, 1.165) is 5.56 Å². The van der Waals surface area contributed by atoms with Gasteiger partial charge in [0, 0.05) is 0 Å². The number of carbonyl (C=O) groups is 1. The van der Waals surface area contributed by atoms with Gasteiger partial charge in [-0.2, -0.15) is 0 Å². The molecule has 2 aromatic rings. The second-order valence-electron chi connectivity index (χ2n) is 5.12. The van der Waals surface area contributed by atoms with Gasteiger partial charge < -0.3 is 10.2 Å². The van der Waals surface area contributed by atoms with E-state index in [0.29, 0.717) is 11.1 Å². The molecule has 0 fully saturated rings. The lowest BCUT2D eigenvalue weighted by Gasteiger charge is -2.25. The average molecular weight is 270 g/mol. The smallest absolute Gasteiger partial charge is 0.310 e. The predicted octanol–water partition coefficient (Wildman–Crippen LogP) is 3.13. The molecule has 0 aromatic heterocycles. The van der Waals surface area contributed by atoms with Gasteiger partial charge in [0.25, 0.3) is 0 Å². The molecule has 3 heteroatoms. The minimum Gasteiger partial charge on any atom is -0.481 e. The summed E-state index contributed by atoms with van der Waals surface area (Å²) >= 11 is 0. The van der Waals surface area contributed by atoms with Crippen LogP contribution in [0.1, 0.15) is 36.5 Å². The van der Waals surface area contributed by atoms with Gasteiger partial charge in [0.1, 0.15) is 5.60 Å². The summed E-state index contributed by atoms with van der Waals surface area (Å²) in [5.74, 6) is -1.47. The van der Waals surface area contributed by atoms with E-state index in [4.69, 9.17) is 5.11 Å². The van der Waals surface area contributed by atoms with Crippen molar-refractivity contribution in [2.45, 2.75) is 25.4 Å². The molecule has 0 aliphatic rings. The summed E-state index contributed by atoms with van der Waals surface area (Å²) < 4.78 is 0. The zero-order valence-corrected chi connectivity index (χ0v) is 11.6. The molecule has 0 heterocycles. The number of hydrogen-bond donors (Lipinski definition) is 2. The number of carboxylic acids is 1. The first kappa shape index (κ1) is 14.3. The number of carboxylic acid groups (broad SMARTS) is 1. The van der Waals surface area contributed by atoms with E-state index in [1.54, 1.807) is 32.0 Å². The van der Waals surface area contributed by atoms with Crippen LogP contribution in [0.2, 0.25) is 0 Å². The Balaban J connectivity index is 2.43. The van der Waals surface area contributed by atoms with E-state index in [9.17, 15) is 9.90 Å². The zero-order chi connectivity index (χ0) is 14.8. The molecule has 0 radical (unpaired) electrons. The van der Waals surface area contributed by atoms with Crippen molar-refractivity contribution in [3.8, 4) is 0 Å². The van der Waals surface area contributed by atoms with Crippen LogP contribution < -0.4 is 0 Å².